The first-order chi connectivity index (χ1) is 10.2. The van der Waals surface area contributed by atoms with Crippen molar-refractivity contribution in [1.29, 1.82) is 0 Å². The lowest BCUT2D eigenvalue weighted by Gasteiger charge is -2.13. The second-order valence-electron chi connectivity index (χ2n) is 4.91. The molecule has 0 radical (unpaired) electrons. The van der Waals surface area contributed by atoms with Crippen LogP contribution in [0.25, 0.3) is 0 Å². The normalized spacial score (nSPS) is 11.9. The third kappa shape index (κ3) is 4.68. The van der Waals surface area contributed by atoms with Crippen LogP contribution in [0.1, 0.15) is 18.2 Å². The van der Waals surface area contributed by atoms with Crippen molar-refractivity contribution < 1.29 is 9.53 Å². The third-order valence-electron chi connectivity index (χ3n) is 3.32. The standard InChI is InChI=1S/C17H20N2O2/c1-13(20)17(18-2)11-14-6-8-16(9-7-14)21-12-15-5-3-4-10-19-15/h3-10,17-18H,11-12H2,1-2H3. The van der Waals surface area contributed by atoms with Crippen molar-refractivity contribution in [2.45, 2.75) is 26.0 Å². The number of Topliss-reactive ketones (excluding diaryl/α,β-unsaturated/α-hetero) is 1. The second kappa shape index (κ2) is 7.55. The highest BCUT2D eigenvalue weighted by Crippen LogP contribution is 2.15. The minimum atomic E-state index is -0.134. The maximum Gasteiger partial charge on any atom is 0.147 e. The molecule has 0 amide bonds. The number of pyridine rings is 1. The number of nitrogens with one attached hydrogen (secondary N) is 1. The number of likely N-dealkylation sites (N-methyl/N-ethyl adjacent to an activating group) is 1. The van der Waals surface area contributed by atoms with E-state index in [1.54, 1.807) is 20.2 Å². The van der Waals surface area contributed by atoms with E-state index in [9.17, 15) is 4.79 Å². The number of carbonyl (C=O) groups is 1. The maximum atomic E-state index is 11.4. The molecule has 110 valence electrons. The SMILES string of the molecule is CNC(Cc1ccc(OCc2ccccn2)cc1)C(C)=O. The summed E-state index contributed by atoms with van der Waals surface area (Å²) in [4.78, 5) is 15.6. The van der Waals surface area contributed by atoms with Crippen LogP contribution in [-0.4, -0.2) is 23.9 Å². The summed E-state index contributed by atoms with van der Waals surface area (Å²) in [6.07, 6.45) is 2.44. The van der Waals surface area contributed by atoms with Gasteiger partial charge in [0.25, 0.3) is 0 Å². The van der Waals surface area contributed by atoms with Crippen molar-refractivity contribution in [2.24, 2.45) is 0 Å². The summed E-state index contributed by atoms with van der Waals surface area (Å²) in [5.74, 6) is 0.946. The number of ketones is 1. The summed E-state index contributed by atoms with van der Waals surface area (Å²) in [5.41, 5.74) is 2.00. The highest BCUT2D eigenvalue weighted by molar-refractivity contribution is 5.81. The van der Waals surface area contributed by atoms with E-state index >= 15 is 0 Å². The number of ether oxygens (including phenoxy) is 1. The molecule has 0 spiro atoms. The van der Waals surface area contributed by atoms with E-state index < -0.39 is 0 Å². The molecule has 2 rings (SSSR count). The van der Waals surface area contributed by atoms with Crippen molar-refractivity contribution in [3.63, 3.8) is 0 Å². The number of hydrogen-bond donors (Lipinski definition) is 1. The molecule has 1 aromatic carbocycles. The molecule has 1 heterocycles. The molecule has 0 saturated heterocycles. The Balaban J connectivity index is 1.91. The van der Waals surface area contributed by atoms with Gasteiger partial charge in [0.2, 0.25) is 0 Å². The van der Waals surface area contributed by atoms with Crippen molar-refractivity contribution >= 4 is 5.78 Å². The van der Waals surface area contributed by atoms with Gasteiger partial charge in [-0.3, -0.25) is 9.78 Å². The average molecular weight is 284 g/mol. The van der Waals surface area contributed by atoms with Crippen LogP contribution in [0.2, 0.25) is 0 Å². The quantitative estimate of drug-likeness (QED) is 0.848. The molecule has 1 unspecified atom stereocenters. The molecule has 4 nitrogen and oxygen atoms in total. The Morgan fingerprint density at radius 2 is 2.00 bits per heavy atom. The number of nitrogens with zero attached hydrogens (tertiary/aromatic N) is 1. The van der Waals surface area contributed by atoms with Gasteiger partial charge in [-0.15, -0.1) is 0 Å². The molecule has 21 heavy (non-hydrogen) atoms. The van der Waals surface area contributed by atoms with Crippen LogP contribution in [0.4, 0.5) is 0 Å². The minimum Gasteiger partial charge on any atom is -0.487 e. The zero-order valence-electron chi connectivity index (χ0n) is 12.4. The van der Waals surface area contributed by atoms with Crippen LogP contribution in [0.3, 0.4) is 0 Å². The van der Waals surface area contributed by atoms with Gasteiger partial charge in [-0.25, -0.2) is 0 Å². The largest absolute Gasteiger partial charge is 0.487 e. The van der Waals surface area contributed by atoms with Gasteiger partial charge in [0.1, 0.15) is 18.1 Å². The average Bonchev–Trinajstić information content (AvgIpc) is 2.52. The Bertz CT molecular complexity index is 567. The van der Waals surface area contributed by atoms with Gasteiger partial charge in [0.15, 0.2) is 0 Å². The summed E-state index contributed by atoms with van der Waals surface area (Å²) in [5, 5.41) is 3.02. The lowest BCUT2D eigenvalue weighted by molar-refractivity contribution is -0.118. The zero-order valence-corrected chi connectivity index (χ0v) is 12.4. The van der Waals surface area contributed by atoms with E-state index in [1.807, 2.05) is 42.5 Å². The maximum absolute atomic E-state index is 11.4. The molecule has 1 atom stereocenters. The zero-order chi connectivity index (χ0) is 15.1. The fourth-order valence-corrected chi connectivity index (χ4v) is 2.05. The molecule has 0 aliphatic carbocycles. The fourth-order valence-electron chi connectivity index (χ4n) is 2.05. The predicted molar refractivity (Wildman–Crippen MR) is 82.2 cm³/mol. The Morgan fingerprint density at radius 1 is 1.24 bits per heavy atom. The van der Waals surface area contributed by atoms with Gasteiger partial charge in [-0.05, 0) is 50.2 Å². The first-order valence-electron chi connectivity index (χ1n) is 6.98. The van der Waals surface area contributed by atoms with Crippen molar-refractivity contribution in [2.75, 3.05) is 7.05 Å². The van der Waals surface area contributed by atoms with E-state index in [0.717, 1.165) is 17.0 Å². The van der Waals surface area contributed by atoms with Gasteiger partial charge < -0.3 is 10.1 Å². The molecule has 4 heteroatoms. The summed E-state index contributed by atoms with van der Waals surface area (Å²) in [7, 11) is 1.80. The van der Waals surface area contributed by atoms with Crippen molar-refractivity contribution in [1.82, 2.24) is 10.3 Å². The van der Waals surface area contributed by atoms with E-state index in [1.165, 1.54) is 0 Å². The van der Waals surface area contributed by atoms with E-state index in [0.29, 0.717) is 13.0 Å². The van der Waals surface area contributed by atoms with Gasteiger partial charge in [-0.2, -0.15) is 0 Å². The Morgan fingerprint density at radius 3 is 2.57 bits per heavy atom. The monoisotopic (exact) mass is 284 g/mol. The summed E-state index contributed by atoms with van der Waals surface area (Å²) in [6, 6.07) is 13.4. The Labute approximate surface area is 125 Å². The summed E-state index contributed by atoms with van der Waals surface area (Å²) >= 11 is 0. The lowest BCUT2D eigenvalue weighted by atomic mass is 10.0. The van der Waals surface area contributed by atoms with Gasteiger partial charge in [0.05, 0.1) is 11.7 Å². The first-order valence-corrected chi connectivity index (χ1v) is 6.98. The van der Waals surface area contributed by atoms with E-state index in [2.05, 4.69) is 10.3 Å². The van der Waals surface area contributed by atoms with Crippen LogP contribution in [0.15, 0.2) is 48.7 Å². The smallest absolute Gasteiger partial charge is 0.147 e. The van der Waals surface area contributed by atoms with Crippen LogP contribution >= 0.6 is 0 Å². The molecule has 1 aromatic heterocycles. The number of carbonyl (C=O) groups excluding carboxylic acids is 1. The predicted octanol–water partition coefficient (Wildman–Crippen LogP) is 2.38. The van der Waals surface area contributed by atoms with Crippen molar-refractivity contribution in [3.05, 3.63) is 59.9 Å². The molecule has 0 aliphatic rings. The van der Waals surface area contributed by atoms with Crippen LogP contribution in [0.5, 0.6) is 5.75 Å². The molecular weight excluding hydrogens is 264 g/mol. The van der Waals surface area contributed by atoms with Crippen LogP contribution < -0.4 is 10.1 Å². The highest BCUT2D eigenvalue weighted by atomic mass is 16.5. The number of benzene rings is 1. The lowest BCUT2D eigenvalue weighted by Crippen LogP contribution is -2.34. The van der Waals surface area contributed by atoms with Crippen LogP contribution in [-0.2, 0) is 17.8 Å². The van der Waals surface area contributed by atoms with Crippen LogP contribution in [0, 0.1) is 0 Å². The van der Waals surface area contributed by atoms with Gasteiger partial charge in [0, 0.05) is 6.20 Å². The Hall–Kier alpha value is -2.20. The number of hydrogen-bond acceptors (Lipinski definition) is 4. The molecule has 0 saturated carbocycles. The van der Waals surface area contributed by atoms with E-state index in [-0.39, 0.29) is 11.8 Å². The molecule has 1 N–H and O–H groups in total. The fraction of sp³-hybridized carbons (Fsp3) is 0.294. The first kappa shape index (κ1) is 15.2. The summed E-state index contributed by atoms with van der Waals surface area (Å²) < 4.78 is 5.68. The molecular formula is C17H20N2O2. The molecule has 0 aliphatic heterocycles. The number of rotatable bonds is 7. The molecule has 0 bridgehead atoms. The van der Waals surface area contributed by atoms with Gasteiger partial charge >= 0.3 is 0 Å². The van der Waals surface area contributed by atoms with Crippen molar-refractivity contribution in [3.8, 4) is 5.75 Å². The molecule has 0 fully saturated rings. The summed E-state index contributed by atoms with van der Waals surface area (Å²) in [6.45, 7) is 2.05. The topological polar surface area (TPSA) is 51.2 Å². The van der Waals surface area contributed by atoms with Gasteiger partial charge in [-0.1, -0.05) is 18.2 Å². The highest BCUT2D eigenvalue weighted by Gasteiger charge is 2.11. The molecule has 2 aromatic rings. The van der Waals surface area contributed by atoms with E-state index in [4.69, 9.17) is 4.74 Å². The third-order valence-corrected chi connectivity index (χ3v) is 3.32. The second-order valence-corrected chi connectivity index (χ2v) is 4.91. The minimum absolute atomic E-state index is 0.134. The number of aromatic nitrogens is 1. The Kier molecular flexibility index (Phi) is 5.46.